The van der Waals surface area contributed by atoms with Crippen molar-refractivity contribution < 1.29 is 4.79 Å². The van der Waals surface area contributed by atoms with Crippen molar-refractivity contribution in [3.63, 3.8) is 0 Å². The second-order valence-electron chi connectivity index (χ2n) is 6.84. The summed E-state index contributed by atoms with van der Waals surface area (Å²) in [5.41, 5.74) is 1.30. The third kappa shape index (κ3) is 3.64. The molecule has 1 saturated heterocycles. The van der Waals surface area contributed by atoms with Gasteiger partial charge in [-0.05, 0) is 31.4 Å². The first-order valence-electron chi connectivity index (χ1n) is 8.73. The summed E-state index contributed by atoms with van der Waals surface area (Å²) >= 11 is 0. The highest BCUT2D eigenvalue weighted by Crippen LogP contribution is 2.37. The van der Waals surface area contributed by atoms with Crippen molar-refractivity contribution in [2.45, 2.75) is 38.3 Å². The van der Waals surface area contributed by atoms with Crippen LogP contribution in [0.2, 0.25) is 0 Å². The van der Waals surface area contributed by atoms with Crippen molar-refractivity contribution in [3.8, 4) is 0 Å². The lowest BCUT2D eigenvalue weighted by molar-refractivity contribution is -0.124. The van der Waals surface area contributed by atoms with Gasteiger partial charge in [-0.1, -0.05) is 30.3 Å². The molecule has 2 N–H and O–H groups in total. The number of rotatable bonds is 6. The maximum Gasteiger partial charge on any atom is 0.224 e. The molecule has 1 aliphatic carbocycles. The molecule has 1 atom stereocenters. The standard InChI is InChI=1S/C18H23N5O/c24-18(19-10-16-20-17(22-21-16)14-6-7-14)15-8-9-23(12-15)11-13-4-2-1-3-5-13/h1-5,14-15H,6-12H2,(H,19,24)(H,20,21,22). The van der Waals surface area contributed by atoms with Crippen LogP contribution in [0, 0.1) is 5.92 Å². The summed E-state index contributed by atoms with van der Waals surface area (Å²) in [5.74, 6) is 2.38. The third-order valence-electron chi connectivity index (χ3n) is 4.81. The molecular formula is C18H23N5O. The minimum absolute atomic E-state index is 0.0690. The largest absolute Gasteiger partial charge is 0.349 e. The Labute approximate surface area is 141 Å². The van der Waals surface area contributed by atoms with Crippen LogP contribution in [0.4, 0.5) is 0 Å². The van der Waals surface area contributed by atoms with Crippen LogP contribution >= 0.6 is 0 Å². The van der Waals surface area contributed by atoms with E-state index in [1.807, 2.05) is 6.07 Å². The van der Waals surface area contributed by atoms with E-state index < -0.39 is 0 Å². The van der Waals surface area contributed by atoms with Crippen molar-refractivity contribution >= 4 is 5.91 Å². The summed E-state index contributed by atoms with van der Waals surface area (Å²) in [6.07, 6.45) is 3.29. The third-order valence-corrected chi connectivity index (χ3v) is 4.81. The molecule has 2 aliphatic rings. The molecule has 2 heterocycles. The first-order valence-corrected chi connectivity index (χ1v) is 8.73. The number of nitrogens with zero attached hydrogens (tertiary/aromatic N) is 3. The molecule has 2 fully saturated rings. The fourth-order valence-corrected chi connectivity index (χ4v) is 3.26. The summed E-state index contributed by atoms with van der Waals surface area (Å²) in [5, 5.41) is 10.1. The number of hydrogen-bond acceptors (Lipinski definition) is 4. The molecule has 24 heavy (non-hydrogen) atoms. The highest BCUT2D eigenvalue weighted by atomic mass is 16.1. The molecule has 1 saturated carbocycles. The molecule has 1 unspecified atom stereocenters. The van der Waals surface area contributed by atoms with Crippen LogP contribution in [0.25, 0.3) is 0 Å². The zero-order chi connectivity index (χ0) is 16.4. The topological polar surface area (TPSA) is 73.9 Å². The number of aromatic nitrogens is 3. The van der Waals surface area contributed by atoms with E-state index in [-0.39, 0.29) is 11.8 Å². The SMILES string of the molecule is O=C(NCc1nc(C2CC2)n[nH]1)C1CCN(Cc2ccccc2)C1. The predicted molar refractivity (Wildman–Crippen MR) is 90.0 cm³/mol. The van der Waals surface area contributed by atoms with Crippen LogP contribution < -0.4 is 5.32 Å². The zero-order valence-electron chi connectivity index (χ0n) is 13.7. The van der Waals surface area contributed by atoms with Crippen LogP contribution in [-0.2, 0) is 17.9 Å². The average molecular weight is 325 g/mol. The number of likely N-dealkylation sites (tertiary alicyclic amines) is 1. The Morgan fingerprint density at radius 2 is 2.08 bits per heavy atom. The Morgan fingerprint density at radius 1 is 1.25 bits per heavy atom. The second-order valence-corrected chi connectivity index (χ2v) is 6.84. The van der Waals surface area contributed by atoms with Gasteiger partial charge in [-0.3, -0.25) is 14.8 Å². The van der Waals surface area contributed by atoms with E-state index in [0.29, 0.717) is 12.5 Å². The molecule has 0 bridgehead atoms. The Kier molecular flexibility index (Phi) is 4.30. The minimum atomic E-state index is 0.0690. The fraction of sp³-hybridized carbons (Fsp3) is 0.500. The van der Waals surface area contributed by atoms with Gasteiger partial charge in [-0.15, -0.1) is 0 Å². The van der Waals surface area contributed by atoms with Gasteiger partial charge in [0.15, 0.2) is 5.82 Å². The van der Waals surface area contributed by atoms with Gasteiger partial charge < -0.3 is 5.32 Å². The summed E-state index contributed by atoms with van der Waals surface area (Å²) < 4.78 is 0. The molecule has 4 rings (SSSR count). The monoisotopic (exact) mass is 325 g/mol. The lowest BCUT2D eigenvalue weighted by Gasteiger charge is -2.15. The van der Waals surface area contributed by atoms with Crippen LogP contribution in [0.1, 0.15) is 42.4 Å². The van der Waals surface area contributed by atoms with Crippen LogP contribution in [-0.4, -0.2) is 39.1 Å². The van der Waals surface area contributed by atoms with E-state index >= 15 is 0 Å². The Balaban J connectivity index is 1.24. The Bertz CT molecular complexity index is 694. The summed E-state index contributed by atoms with van der Waals surface area (Å²) in [4.78, 5) is 19.2. The summed E-state index contributed by atoms with van der Waals surface area (Å²) in [7, 11) is 0. The first kappa shape index (κ1) is 15.3. The molecule has 126 valence electrons. The number of hydrogen-bond donors (Lipinski definition) is 2. The van der Waals surface area contributed by atoms with Gasteiger partial charge in [0.25, 0.3) is 0 Å². The number of carbonyl (C=O) groups excluding carboxylic acids is 1. The lowest BCUT2D eigenvalue weighted by Crippen LogP contribution is -2.32. The number of nitrogens with one attached hydrogen (secondary N) is 2. The van der Waals surface area contributed by atoms with Gasteiger partial charge in [-0.2, -0.15) is 5.10 Å². The molecule has 0 radical (unpaired) electrons. The summed E-state index contributed by atoms with van der Waals surface area (Å²) in [6.45, 7) is 3.15. The fourth-order valence-electron chi connectivity index (χ4n) is 3.26. The number of benzene rings is 1. The van der Waals surface area contributed by atoms with E-state index in [9.17, 15) is 4.79 Å². The van der Waals surface area contributed by atoms with E-state index in [4.69, 9.17) is 0 Å². The molecule has 1 aromatic carbocycles. The van der Waals surface area contributed by atoms with Gasteiger partial charge in [-0.25, -0.2) is 4.98 Å². The predicted octanol–water partition coefficient (Wildman–Crippen LogP) is 1.82. The average Bonchev–Trinajstić information content (AvgIpc) is 3.17. The van der Waals surface area contributed by atoms with Crippen molar-refractivity contribution in [1.29, 1.82) is 0 Å². The molecule has 1 aliphatic heterocycles. The zero-order valence-corrected chi connectivity index (χ0v) is 13.7. The minimum Gasteiger partial charge on any atom is -0.349 e. The van der Waals surface area contributed by atoms with Gasteiger partial charge in [0, 0.05) is 19.0 Å². The van der Waals surface area contributed by atoms with Gasteiger partial charge in [0.2, 0.25) is 5.91 Å². The van der Waals surface area contributed by atoms with Gasteiger partial charge in [0.05, 0.1) is 12.5 Å². The van der Waals surface area contributed by atoms with E-state index in [1.165, 1.54) is 18.4 Å². The normalized spacial score (nSPS) is 21.1. The maximum absolute atomic E-state index is 12.4. The molecular weight excluding hydrogens is 302 g/mol. The van der Waals surface area contributed by atoms with E-state index in [1.54, 1.807) is 0 Å². The van der Waals surface area contributed by atoms with Gasteiger partial charge >= 0.3 is 0 Å². The molecule has 1 aromatic heterocycles. The number of H-pyrrole nitrogens is 1. The molecule has 6 nitrogen and oxygen atoms in total. The number of carbonyl (C=O) groups is 1. The van der Waals surface area contributed by atoms with Crippen molar-refractivity contribution in [3.05, 3.63) is 47.5 Å². The Hall–Kier alpha value is -2.21. The smallest absolute Gasteiger partial charge is 0.224 e. The summed E-state index contributed by atoms with van der Waals surface area (Å²) in [6, 6.07) is 10.4. The molecule has 2 aromatic rings. The van der Waals surface area contributed by atoms with Gasteiger partial charge in [0.1, 0.15) is 5.82 Å². The second kappa shape index (κ2) is 6.73. The molecule has 0 spiro atoms. The number of aromatic amines is 1. The van der Waals surface area contributed by atoms with Crippen LogP contribution in [0.3, 0.4) is 0 Å². The maximum atomic E-state index is 12.4. The quantitative estimate of drug-likeness (QED) is 0.850. The van der Waals surface area contributed by atoms with E-state index in [2.05, 4.69) is 49.7 Å². The molecule has 6 heteroatoms. The van der Waals surface area contributed by atoms with Crippen LogP contribution in [0.15, 0.2) is 30.3 Å². The van der Waals surface area contributed by atoms with Crippen molar-refractivity contribution in [1.82, 2.24) is 25.4 Å². The van der Waals surface area contributed by atoms with E-state index in [0.717, 1.165) is 37.7 Å². The van der Waals surface area contributed by atoms with Crippen molar-refractivity contribution in [2.75, 3.05) is 13.1 Å². The van der Waals surface area contributed by atoms with Crippen LogP contribution in [0.5, 0.6) is 0 Å². The Morgan fingerprint density at radius 3 is 2.88 bits per heavy atom. The number of amides is 1. The lowest BCUT2D eigenvalue weighted by atomic mass is 10.1. The first-order chi connectivity index (χ1) is 11.8. The molecule has 1 amide bonds. The highest BCUT2D eigenvalue weighted by molar-refractivity contribution is 5.79. The van der Waals surface area contributed by atoms with Crippen molar-refractivity contribution in [2.24, 2.45) is 5.92 Å². The highest BCUT2D eigenvalue weighted by Gasteiger charge is 2.29.